The molecule has 3 aromatic rings. The van der Waals surface area contributed by atoms with Crippen LogP contribution in [-0.2, 0) is 48.0 Å². The maximum Gasteiger partial charge on any atom is 0.248 e. The lowest BCUT2D eigenvalue weighted by Gasteiger charge is -2.26. The van der Waals surface area contributed by atoms with Crippen molar-refractivity contribution in [2.24, 2.45) is 7.05 Å². The van der Waals surface area contributed by atoms with Gasteiger partial charge in [-0.1, -0.05) is 28.9 Å². The van der Waals surface area contributed by atoms with Gasteiger partial charge in [0.05, 0.1) is 18.9 Å². The predicted octanol–water partition coefficient (Wildman–Crippen LogP) is 3.14. The number of nitrogens with zero attached hydrogens (tertiary/aromatic N) is 4. The third-order valence-corrected chi connectivity index (χ3v) is 7.62. The third-order valence-electron chi connectivity index (χ3n) is 5.28. The quantitative estimate of drug-likeness (QED) is 0.573. The first kappa shape index (κ1) is 21.0. The molecule has 0 aliphatic carbocycles. The molecule has 0 unspecified atom stereocenters. The number of hydrogen-bond donors (Lipinski definition) is 0. The Morgan fingerprint density at radius 2 is 1.93 bits per heavy atom. The Morgan fingerprint density at radius 3 is 2.60 bits per heavy atom. The Kier molecular flexibility index (Phi) is 5.71. The van der Waals surface area contributed by atoms with E-state index in [1.54, 1.807) is 13.8 Å². The molecule has 8 nitrogen and oxygen atoms in total. The van der Waals surface area contributed by atoms with Crippen molar-refractivity contribution in [2.45, 2.75) is 44.9 Å². The summed E-state index contributed by atoms with van der Waals surface area (Å²) >= 11 is 5.91. The Hall–Kier alpha value is -2.20. The van der Waals surface area contributed by atoms with Crippen molar-refractivity contribution < 1.29 is 17.7 Å². The number of benzene rings is 1. The van der Waals surface area contributed by atoms with Gasteiger partial charge < -0.3 is 9.26 Å². The number of fused-ring (bicyclic) bond motifs is 1. The largest absolute Gasteiger partial charge is 0.370 e. The molecule has 0 amide bonds. The van der Waals surface area contributed by atoms with Crippen LogP contribution >= 0.6 is 11.6 Å². The van der Waals surface area contributed by atoms with Gasteiger partial charge in [0.25, 0.3) is 0 Å². The maximum atomic E-state index is 13.2. The number of aryl methyl sites for hydroxylation is 3. The first-order chi connectivity index (χ1) is 14.3. The first-order valence-electron chi connectivity index (χ1n) is 9.56. The molecule has 1 aromatic carbocycles. The smallest absolute Gasteiger partial charge is 0.248 e. The maximum absolute atomic E-state index is 13.2. The van der Waals surface area contributed by atoms with E-state index in [-0.39, 0.29) is 11.4 Å². The van der Waals surface area contributed by atoms with Crippen LogP contribution in [-0.4, -0.2) is 34.2 Å². The van der Waals surface area contributed by atoms with Crippen LogP contribution in [0.25, 0.3) is 0 Å². The van der Waals surface area contributed by atoms with Gasteiger partial charge in [-0.05, 0) is 31.5 Å². The zero-order chi connectivity index (χ0) is 21.5. The van der Waals surface area contributed by atoms with Crippen molar-refractivity contribution in [3.8, 4) is 0 Å². The van der Waals surface area contributed by atoms with Gasteiger partial charge in [0.2, 0.25) is 10.0 Å². The fraction of sp³-hybridized carbons (Fsp3) is 0.400. The van der Waals surface area contributed by atoms with E-state index >= 15 is 0 Å². The van der Waals surface area contributed by atoms with Gasteiger partial charge in [0.1, 0.15) is 10.6 Å². The van der Waals surface area contributed by atoms with Gasteiger partial charge >= 0.3 is 0 Å². The van der Waals surface area contributed by atoms with Crippen LogP contribution in [0.3, 0.4) is 0 Å². The number of aromatic nitrogens is 3. The summed E-state index contributed by atoms with van der Waals surface area (Å²) in [6.45, 7) is 4.59. The molecule has 0 N–H and O–H groups in total. The molecule has 0 atom stereocenters. The van der Waals surface area contributed by atoms with Crippen molar-refractivity contribution in [3.63, 3.8) is 0 Å². The van der Waals surface area contributed by atoms with E-state index in [9.17, 15) is 8.42 Å². The summed E-state index contributed by atoms with van der Waals surface area (Å²) < 4.78 is 40.6. The second-order valence-corrected chi connectivity index (χ2v) is 9.67. The van der Waals surface area contributed by atoms with Crippen LogP contribution < -0.4 is 0 Å². The number of ether oxygens (including phenoxy) is 1. The molecule has 3 heterocycles. The summed E-state index contributed by atoms with van der Waals surface area (Å²) in [6.07, 6.45) is 0.582. The number of rotatable bonds is 6. The normalized spacial score (nSPS) is 14.8. The molecule has 0 radical (unpaired) electrons. The molecule has 2 aromatic heterocycles. The van der Waals surface area contributed by atoms with Crippen molar-refractivity contribution >= 4 is 21.6 Å². The Morgan fingerprint density at radius 1 is 1.20 bits per heavy atom. The minimum Gasteiger partial charge on any atom is -0.370 e. The van der Waals surface area contributed by atoms with Crippen LogP contribution in [0.4, 0.5) is 0 Å². The topological polar surface area (TPSA) is 90.5 Å². The van der Waals surface area contributed by atoms with Gasteiger partial charge in [-0.2, -0.15) is 9.40 Å². The molecular weight excluding hydrogens is 428 g/mol. The summed E-state index contributed by atoms with van der Waals surface area (Å²) in [6, 6.07) is 7.46. The lowest BCUT2D eigenvalue weighted by molar-refractivity contribution is 0.103. The molecule has 0 saturated heterocycles. The van der Waals surface area contributed by atoms with Gasteiger partial charge in [0.15, 0.2) is 5.76 Å². The van der Waals surface area contributed by atoms with E-state index in [2.05, 4.69) is 10.3 Å². The fourth-order valence-corrected chi connectivity index (χ4v) is 5.61. The summed E-state index contributed by atoms with van der Waals surface area (Å²) in [5.41, 5.74) is 4.06. The summed E-state index contributed by atoms with van der Waals surface area (Å²) in [5, 5.41) is 9.04. The average molecular weight is 451 g/mol. The second-order valence-electron chi connectivity index (χ2n) is 7.36. The second kappa shape index (κ2) is 8.14. The van der Waals surface area contributed by atoms with Crippen LogP contribution in [0.15, 0.2) is 33.7 Å². The number of hydrogen-bond acceptors (Lipinski definition) is 6. The highest BCUT2D eigenvalue weighted by molar-refractivity contribution is 7.89. The first-order valence-corrected chi connectivity index (χ1v) is 11.4. The van der Waals surface area contributed by atoms with Crippen molar-refractivity contribution in [3.05, 3.63) is 63.3 Å². The number of sulfonamides is 1. The molecule has 30 heavy (non-hydrogen) atoms. The van der Waals surface area contributed by atoms with Crippen molar-refractivity contribution in [2.75, 3.05) is 6.54 Å². The van der Waals surface area contributed by atoms with E-state index < -0.39 is 10.0 Å². The van der Waals surface area contributed by atoms with E-state index in [0.29, 0.717) is 42.7 Å². The Labute approximate surface area is 180 Å². The standard InChI is InChI=1S/C20H23ClN4O4S/c1-13-20(14(2)29-23-13)30(26,27)25-9-8-19-17(10-25)18(22-24(19)3)12-28-11-15-4-6-16(21)7-5-15/h4-7H,8-12H2,1-3H3. The van der Waals surface area contributed by atoms with Crippen LogP contribution in [0.1, 0.15) is 34.0 Å². The molecule has 1 aliphatic heterocycles. The van der Waals surface area contributed by atoms with Gasteiger partial charge in [-0.15, -0.1) is 0 Å². The molecule has 0 saturated carbocycles. The van der Waals surface area contributed by atoms with Gasteiger partial charge in [-0.25, -0.2) is 8.42 Å². The molecule has 1 aliphatic rings. The molecule has 160 valence electrons. The lowest BCUT2D eigenvalue weighted by atomic mass is 10.1. The minimum atomic E-state index is -3.71. The molecule has 0 fully saturated rings. The fourth-order valence-electron chi connectivity index (χ4n) is 3.78. The molecule has 0 spiro atoms. The summed E-state index contributed by atoms with van der Waals surface area (Å²) in [5.74, 6) is 0.302. The van der Waals surface area contributed by atoms with Crippen LogP contribution in [0.2, 0.25) is 5.02 Å². The minimum absolute atomic E-state index is 0.148. The zero-order valence-corrected chi connectivity index (χ0v) is 18.6. The predicted molar refractivity (Wildman–Crippen MR) is 110 cm³/mol. The highest BCUT2D eigenvalue weighted by Crippen LogP contribution is 2.30. The molecule has 0 bridgehead atoms. The highest BCUT2D eigenvalue weighted by Gasteiger charge is 2.35. The van der Waals surface area contributed by atoms with E-state index in [4.69, 9.17) is 20.9 Å². The van der Waals surface area contributed by atoms with E-state index in [0.717, 1.165) is 22.5 Å². The Bertz CT molecular complexity index is 1150. The molecule has 10 heteroatoms. The lowest BCUT2D eigenvalue weighted by Crippen LogP contribution is -2.37. The van der Waals surface area contributed by atoms with Crippen LogP contribution in [0, 0.1) is 13.8 Å². The Balaban J connectivity index is 1.52. The molecular formula is C20H23ClN4O4S. The average Bonchev–Trinajstić information content (AvgIpc) is 3.22. The highest BCUT2D eigenvalue weighted by atomic mass is 35.5. The van der Waals surface area contributed by atoms with Crippen molar-refractivity contribution in [1.29, 1.82) is 0 Å². The summed E-state index contributed by atoms with van der Waals surface area (Å²) in [4.78, 5) is 0.148. The van der Waals surface area contributed by atoms with E-state index in [1.807, 2.05) is 36.0 Å². The van der Waals surface area contributed by atoms with Gasteiger partial charge in [0, 0.05) is 42.8 Å². The molecule has 4 rings (SSSR count). The zero-order valence-electron chi connectivity index (χ0n) is 17.1. The van der Waals surface area contributed by atoms with Gasteiger partial charge in [-0.3, -0.25) is 4.68 Å². The van der Waals surface area contributed by atoms with E-state index in [1.165, 1.54) is 4.31 Å². The van der Waals surface area contributed by atoms with Crippen molar-refractivity contribution in [1.82, 2.24) is 19.2 Å². The number of halogens is 1. The summed E-state index contributed by atoms with van der Waals surface area (Å²) in [7, 11) is -1.84. The third kappa shape index (κ3) is 3.90. The van der Waals surface area contributed by atoms with Crippen LogP contribution in [0.5, 0.6) is 0 Å². The monoisotopic (exact) mass is 450 g/mol. The SMILES string of the molecule is Cc1noc(C)c1S(=O)(=O)N1CCc2c(c(COCc3ccc(Cl)cc3)nn2C)C1.